The van der Waals surface area contributed by atoms with Crippen molar-refractivity contribution in [2.24, 2.45) is 11.8 Å². The lowest BCUT2D eigenvalue weighted by Gasteiger charge is -2.46. The van der Waals surface area contributed by atoms with E-state index < -0.39 is 6.17 Å². The molecule has 4 aliphatic rings. The number of halogens is 1. The number of pyridine rings is 1. The Morgan fingerprint density at radius 1 is 0.944 bits per heavy atom. The molecule has 7 rings (SSSR count). The van der Waals surface area contributed by atoms with E-state index in [9.17, 15) is 5.11 Å². The summed E-state index contributed by atoms with van der Waals surface area (Å²) in [7, 11) is 0. The standard InChI is InChI=1S/C27H28FN5O3/c28-25-17-3-1-2-15(8-17)9-21(25)33(19-5-6-19)24-13-29-26(32-31-24)20-7-4-16(10-22(20)34)18-11-23-27(30-12-18)36-14-35-23/h4,7,10-13,15,17,19,21,25,34H,1-3,5-6,8-9,14H2/t15-,17+,21+,25-/m0/s1. The van der Waals surface area contributed by atoms with Gasteiger partial charge >= 0.3 is 0 Å². The molecule has 186 valence electrons. The van der Waals surface area contributed by atoms with Crippen LogP contribution in [0.5, 0.6) is 17.4 Å². The van der Waals surface area contributed by atoms with Gasteiger partial charge in [0, 0.05) is 17.8 Å². The summed E-state index contributed by atoms with van der Waals surface area (Å²) in [5.41, 5.74) is 2.07. The zero-order valence-corrected chi connectivity index (χ0v) is 19.9. The van der Waals surface area contributed by atoms with E-state index in [1.165, 1.54) is 6.42 Å². The van der Waals surface area contributed by atoms with Crippen molar-refractivity contribution >= 4 is 5.82 Å². The van der Waals surface area contributed by atoms with E-state index >= 15 is 4.39 Å². The number of rotatable bonds is 5. The van der Waals surface area contributed by atoms with Crippen LogP contribution in [0.3, 0.4) is 0 Å². The van der Waals surface area contributed by atoms with Crippen molar-refractivity contribution < 1.29 is 19.0 Å². The minimum Gasteiger partial charge on any atom is -0.507 e. The molecule has 0 radical (unpaired) electrons. The smallest absolute Gasteiger partial charge is 0.260 e. The van der Waals surface area contributed by atoms with Crippen LogP contribution in [0.4, 0.5) is 10.2 Å². The van der Waals surface area contributed by atoms with Crippen molar-refractivity contribution in [2.45, 2.75) is 63.2 Å². The number of fused-ring (bicyclic) bond motifs is 3. The number of ether oxygens (including phenoxy) is 2. The predicted molar refractivity (Wildman–Crippen MR) is 131 cm³/mol. The van der Waals surface area contributed by atoms with Crippen molar-refractivity contribution in [3.8, 4) is 39.9 Å². The predicted octanol–water partition coefficient (Wildman–Crippen LogP) is 4.92. The molecule has 0 saturated heterocycles. The molecule has 2 bridgehead atoms. The highest BCUT2D eigenvalue weighted by Crippen LogP contribution is 2.46. The highest BCUT2D eigenvalue weighted by Gasteiger charge is 2.46. The van der Waals surface area contributed by atoms with Crippen LogP contribution >= 0.6 is 0 Å². The number of hydrogen-bond acceptors (Lipinski definition) is 8. The van der Waals surface area contributed by atoms with Crippen LogP contribution in [0, 0.1) is 11.8 Å². The molecule has 1 aromatic carbocycles. The Bertz CT molecular complexity index is 1280. The van der Waals surface area contributed by atoms with Gasteiger partial charge in [0.05, 0.1) is 17.8 Å². The van der Waals surface area contributed by atoms with E-state index in [0.717, 1.165) is 49.7 Å². The number of aromatic nitrogens is 4. The second kappa shape index (κ2) is 8.57. The van der Waals surface area contributed by atoms with Crippen LogP contribution in [-0.2, 0) is 0 Å². The number of hydrogen-bond donors (Lipinski definition) is 1. The summed E-state index contributed by atoms with van der Waals surface area (Å²) in [6, 6.07) is 7.29. The van der Waals surface area contributed by atoms with Crippen LogP contribution in [-0.4, -0.2) is 50.3 Å². The summed E-state index contributed by atoms with van der Waals surface area (Å²) in [6.07, 6.45) is 9.90. The van der Waals surface area contributed by atoms with Crippen LogP contribution in [0.15, 0.2) is 36.7 Å². The van der Waals surface area contributed by atoms with Crippen molar-refractivity contribution in [1.29, 1.82) is 0 Å². The maximum atomic E-state index is 15.5. The maximum absolute atomic E-state index is 15.5. The lowest BCUT2D eigenvalue weighted by Crippen LogP contribution is -2.52. The molecule has 9 heteroatoms. The fourth-order valence-corrected chi connectivity index (χ4v) is 6.23. The molecule has 3 aliphatic carbocycles. The quantitative estimate of drug-likeness (QED) is 0.540. The Morgan fingerprint density at radius 2 is 1.86 bits per heavy atom. The fourth-order valence-electron chi connectivity index (χ4n) is 6.23. The summed E-state index contributed by atoms with van der Waals surface area (Å²) in [6.45, 7) is 0.155. The number of nitrogens with zero attached hydrogens (tertiary/aromatic N) is 5. The van der Waals surface area contributed by atoms with Gasteiger partial charge in [0.1, 0.15) is 11.9 Å². The van der Waals surface area contributed by atoms with Gasteiger partial charge in [0.2, 0.25) is 6.79 Å². The van der Waals surface area contributed by atoms with Crippen LogP contribution in [0.25, 0.3) is 22.5 Å². The largest absolute Gasteiger partial charge is 0.507 e. The zero-order valence-electron chi connectivity index (χ0n) is 19.9. The Kier molecular flexibility index (Phi) is 5.18. The molecule has 0 unspecified atom stereocenters. The van der Waals surface area contributed by atoms with Gasteiger partial charge in [-0.2, -0.15) is 0 Å². The van der Waals surface area contributed by atoms with E-state index in [-0.39, 0.29) is 24.5 Å². The van der Waals surface area contributed by atoms with E-state index in [0.29, 0.717) is 40.8 Å². The summed E-state index contributed by atoms with van der Waals surface area (Å²) in [5, 5.41) is 19.6. The third-order valence-electron chi connectivity index (χ3n) is 8.13. The van der Waals surface area contributed by atoms with E-state index in [1.807, 2.05) is 12.1 Å². The molecule has 1 aliphatic heterocycles. The molecule has 1 N–H and O–H groups in total. The molecule has 3 aromatic rings. The molecular weight excluding hydrogens is 461 g/mol. The average Bonchev–Trinajstić information content (AvgIpc) is 3.63. The monoisotopic (exact) mass is 489 g/mol. The topological polar surface area (TPSA) is 93.5 Å². The van der Waals surface area contributed by atoms with Gasteiger partial charge in [-0.05, 0) is 67.7 Å². The van der Waals surface area contributed by atoms with Gasteiger partial charge < -0.3 is 19.5 Å². The Labute approximate surface area is 208 Å². The summed E-state index contributed by atoms with van der Waals surface area (Å²) in [5.74, 6) is 2.84. The van der Waals surface area contributed by atoms with E-state index in [4.69, 9.17) is 9.47 Å². The summed E-state index contributed by atoms with van der Waals surface area (Å²) < 4.78 is 26.2. The van der Waals surface area contributed by atoms with Gasteiger partial charge in [0.25, 0.3) is 5.88 Å². The number of anilines is 1. The highest BCUT2D eigenvalue weighted by atomic mass is 19.1. The van der Waals surface area contributed by atoms with Gasteiger partial charge in [0.15, 0.2) is 17.4 Å². The Balaban J connectivity index is 1.14. The molecule has 8 nitrogen and oxygen atoms in total. The fraction of sp³-hybridized carbons (Fsp3) is 0.481. The third kappa shape index (κ3) is 3.81. The average molecular weight is 490 g/mol. The Morgan fingerprint density at radius 3 is 2.67 bits per heavy atom. The second-order valence-corrected chi connectivity index (χ2v) is 10.5. The SMILES string of the molecule is Oc1cc(-c2cnc3c(c2)OCO3)ccc1-c1ncc(N(C2CC2)[C@@H]2C[C@H]3CCC[C@H](C3)[C@@H]2F)nn1. The molecular formula is C27H28FN5O3. The lowest BCUT2D eigenvalue weighted by atomic mass is 9.69. The van der Waals surface area contributed by atoms with E-state index in [1.54, 1.807) is 24.5 Å². The number of phenolic OH excluding ortho intramolecular Hbond substituents is 1. The molecule has 3 heterocycles. The van der Waals surface area contributed by atoms with Crippen molar-refractivity contribution in [1.82, 2.24) is 20.2 Å². The summed E-state index contributed by atoms with van der Waals surface area (Å²) in [4.78, 5) is 11.0. The minimum absolute atomic E-state index is 0.0442. The lowest BCUT2D eigenvalue weighted by molar-refractivity contribution is 0.0631. The maximum Gasteiger partial charge on any atom is 0.260 e. The first-order valence-corrected chi connectivity index (χ1v) is 12.9. The van der Waals surface area contributed by atoms with Gasteiger partial charge in [-0.15, -0.1) is 10.2 Å². The molecule has 3 fully saturated rings. The molecule has 0 spiro atoms. The second-order valence-electron chi connectivity index (χ2n) is 10.5. The third-order valence-corrected chi connectivity index (χ3v) is 8.13. The van der Waals surface area contributed by atoms with Crippen molar-refractivity contribution in [3.63, 3.8) is 0 Å². The number of benzene rings is 1. The zero-order chi connectivity index (χ0) is 24.2. The number of phenols is 1. The minimum atomic E-state index is -0.828. The molecule has 4 atom stereocenters. The van der Waals surface area contributed by atoms with Crippen LogP contribution in [0.1, 0.15) is 44.9 Å². The highest BCUT2D eigenvalue weighted by molar-refractivity contribution is 5.73. The molecule has 3 saturated carbocycles. The molecule has 0 amide bonds. The normalized spacial score (nSPS) is 26.6. The molecule has 36 heavy (non-hydrogen) atoms. The summed E-state index contributed by atoms with van der Waals surface area (Å²) >= 11 is 0. The Hall–Kier alpha value is -3.49. The van der Waals surface area contributed by atoms with Gasteiger partial charge in [-0.25, -0.2) is 14.4 Å². The first kappa shape index (κ1) is 21.8. The number of alkyl halides is 1. The van der Waals surface area contributed by atoms with Gasteiger partial charge in [-0.1, -0.05) is 18.9 Å². The van der Waals surface area contributed by atoms with Gasteiger partial charge in [-0.3, -0.25) is 0 Å². The molecule has 2 aromatic heterocycles. The van der Waals surface area contributed by atoms with Crippen LogP contribution < -0.4 is 14.4 Å². The van der Waals surface area contributed by atoms with Crippen molar-refractivity contribution in [2.75, 3.05) is 11.7 Å². The van der Waals surface area contributed by atoms with Crippen LogP contribution in [0.2, 0.25) is 0 Å². The van der Waals surface area contributed by atoms with E-state index in [2.05, 4.69) is 25.1 Å². The first-order valence-electron chi connectivity index (χ1n) is 12.9. The van der Waals surface area contributed by atoms with Crippen molar-refractivity contribution in [3.05, 3.63) is 36.7 Å². The number of aromatic hydroxyl groups is 1. The first-order chi connectivity index (χ1) is 17.6.